The van der Waals surface area contributed by atoms with Crippen LogP contribution in [0.3, 0.4) is 0 Å². The van der Waals surface area contributed by atoms with E-state index < -0.39 is 0 Å². The first-order valence-electron chi connectivity index (χ1n) is 11.6. The van der Waals surface area contributed by atoms with Gasteiger partial charge in [0.2, 0.25) is 0 Å². The van der Waals surface area contributed by atoms with Crippen molar-refractivity contribution in [2.75, 3.05) is 0 Å². The standard InChI is InChI=1S/2C10H8.2C3H8.2C2H6.2CH4/c2*1-2-6-10-8-4-3-7-9(10)5-1;2*1-3-2;2*1-2;;/h2*1-8H;2*3H2,1-2H3;2*1-2H3;2*1H4. The molecule has 0 aromatic heterocycles. The summed E-state index contributed by atoms with van der Waals surface area (Å²) in [6, 6.07) is 33.4. The van der Waals surface area contributed by atoms with Crippen LogP contribution in [0.2, 0.25) is 0 Å². The van der Waals surface area contributed by atoms with E-state index in [1.54, 1.807) is 0 Å². The Bertz CT molecular complexity index is 642. The number of benzene rings is 4. The molecule has 4 rings (SSSR count). The van der Waals surface area contributed by atoms with Crippen LogP contribution in [0.5, 0.6) is 0 Å². The summed E-state index contributed by atoms with van der Waals surface area (Å²) in [5, 5.41) is 5.24. The quantitative estimate of drug-likeness (QED) is 0.257. The molecule has 0 unspecified atom stereocenters. The second-order valence-corrected chi connectivity index (χ2v) is 6.11. The summed E-state index contributed by atoms with van der Waals surface area (Å²) in [4.78, 5) is 0. The summed E-state index contributed by atoms with van der Waals surface area (Å²) in [6.07, 6.45) is 2.50. The Morgan fingerprint density at radius 3 is 0.531 bits per heavy atom. The lowest BCUT2D eigenvalue weighted by Gasteiger charge is -1.92. The van der Waals surface area contributed by atoms with Crippen LogP contribution in [-0.2, 0) is 0 Å². The van der Waals surface area contributed by atoms with Crippen molar-refractivity contribution in [2.45, 2.75) is 83.1 Å². The Labute approximate surface area is 201 Å². The SMILES string of the molecule is C.C.CC.CC.CCC.CCC.c1ccc2ccccc2c1.c1ccc2ccccc2c1. The first-order chi connectivity index (χ1) is 14.8. The summed E-state index contributed by atoms with van der Waals surface area (Å²) in [7, 11) is 0. The van der Waals surface area contributed by atoms with Crippen LogP contribution in [0.4, 0.5) is 0 Å². The molecule has 0 aliphatic carbocycles. The molecule has 0 radical (unpaired) electrons. The molecular formula is C32H52. The third-order valence-electron chi connectivity index (χ3n) is 3.32. The third kappa shape index (κ3) is 17.1. The van der Waals surface area contributed by atoms with E-state index in [9.17, 15) is 0 Å². The normalized spacial score (nSPS) is 7.75. The van der Waals surface area contributed by atoms with Crippen molar-refractivity contribution in [1.82, 2.24) is 0 Å². The van der Waals surface area contributed by atoms with Crippen LogP contribution < -0.4 is 0 Å². The van der Waals surface area contributed by atoms with Gasteiger partial charge >= 0.3 is 0 Å². The van der Waals surface area contributed by atoms with Crippen LogP contribution >= 0.6 is 0 Å². The van der Waals surface area contributed by atoms with Crippen LogP contribution in [0.15, 0.2) is 97.1 Å². The zero-order chi connectivity index (χ0) is 23.0. The lowest BCUT2D eigenvalue weighted by atomic mass is 10.1. The first kappa shape index (κ1) is 36.8. The average Bonchev–Trinajstić information content (AvgIpc) is 2.83. The van der Waals surface area contributed by atoms with E-state index in [2.05, 4.69) is 125 Å². The van der Waals surface area contributed by atoms with Crippen molar-refractivity contribution < 1.29 is 0 Å². The van der Waals surface area contributed by atoms with Crippen LogP contribution in [-0.4, -0.2) is 0 Å². The molecule has 0 heterocycles. The zero-order valence-corrected chi connectivity index (χ0v) is 20.7. The van der Waals surface area contributed by atoms with Crippen molar-refractivity contribution in [3.8, 4) is 0 Å². The first-order valence-corrected chi connectivity index (χ1v) is 11.6. The van der Waals surface area contributed by atoms with E-state index in [1.807, 2.05) is 27.7 Å². The maximum atomic E-state index is 2.12. The predicted octanol–water partition coefficient (Wildman–Crippen LogP) is 11.8. The molecular weight excluding hydrogens is 384 g/mol. The molecule has 4 aromatic rings. The molecule has 0 nitrogen and oxygen atoms in total. The summed E-state index contributed by atoms with van der Waals surface area (Å²) < 4.78 is 0. The lowest BCUT2D eigenvalue weighted by molar-refractivity contribution is 1.09. The Morgan fingerprint density at radius 2 is 0.438 bits per heavy atom. The highest BCUT2D eigenvalue weighted by atomic mass is 13.9. The molecule has 0 heteroatoms. The van der Waals surface area contributed by atoms with Gasteiger partial charge in [-0.15, -0.1) is 0 Å². The fraction of sp³-hybridized carbons (Fsp3) is 0.375. The van der Waals surface area contributed by atoms with Crippen molar-refractivity contribution >= 4 is 21.5 Å². The minimum absolute atomic E-state index is 0. The average molecular weight is 437 g/mol. The van der Waals surface area contributed by atoms with Crippen molar-refractivity contribution in [1.29, 1.82) is 0 Å². The smallest absolute Gasteiger partial charge is 0.0184 e. The summed E-state index contributed by atoms with van der Waals surface area (Å²) in [6.45, 7) is 16.5. The molecule has 4 aromatic carbocycles. The molecule has 0 fully saturated rings. The zero-order valence-electron chi connectivity index (χ0n) is 20.7. The largest absolute Gasteiger partial charge is 0.0776 e. The highest BCUT2D eigenvalue weighted by Crippen LogP contribution is 2.12. The Hall–Kier alpha value is -2.60. The summed E-state index contributed by atoms with van der Waals surface area (Å²) in [5.41, 5.74) is 0. The molecule has 0 atom stereocenters. The molecule has 0 bridgehead atoms. The summed E-state index contributed by atoms with van der Waals surface area (Å²) in [5.74, 6) is 0. The topological polar surface area (TPSA) is 0 Å². The minimum atomic E-state index is 0. The molecule has 0 amide bonds. The number of rotatable bonds is 0. The Morgan fingerprint density at radius 1 is 0.344 bits per heavy atom. The highest BCUT2D eigenvalue weighted by Gasteiger charge is 1.86. The van der Waals surface area contributed by atoms with Crippen LogP contribution in [0.25, 0.3) is 21.5 Å². The Balaban J connectivity index is -0.000000169. The fourth-order valence-corrected chi connectivity index (χ4v) is 2.27. The van der Waals surface area contributed by atoms with Gasteiger partial charge in [-0.3, -0.25) is 0 Å². The van der Waals surface area contributed by atoms with Crippen molar-refractivity contribution in [3.63, 3.8) is 0 Å². The minimum Gasteiger partial charge on any atom is -0.0776 e. The van der Waals surface area contributed by atoms with Gasteiger partial charge in [0, 0.05) is 0 Å². The molecule has 0 aliphatic rings. The fourth-order valence-electron chi connectivity index (χ4n) is 2.27. The second-order valence-electron chi connectivity index (χ2n) is 6.11. The molecule has 0 saturated heterocycles. The lowest BCUT2D eigenvalue weighted by Crippen LogP contribution is -1.67. The molecule has 0 saturated carbocycles. The van der Waals surface area contributed by atoms with Gasteiger partial charge in [0.1, 0.15) is 0 Å². The van der Waals surface area contributed by atoms with E-state index in [0.29, 0.717) is 0 Å². The van der Waals surface area contributed by atoms with E-state index in [0.717, 1.165) is 0 Å². The van der Waals surface area contributed by atoms with E-state index >= 15 is 0 Å². The van der Waals surface area contributed by atoms with Gasteiger partial charge in [0.05, 0.1) is 0 Å². The predicted molar refractivity (Wildman–Crippen MR) is 156 cm³/mol. The number of hydrogen-bond donors (Lipinski definition) is 0. The van der Waals surface area contributed by atoms with Crippen molar-refractivity contribution in [2.24, 2.45) is 0 Å². The van der Waals surface area contributed by atoms with E-state index in [4.69, 9.17) is 0 Å². The van der Waals surface area contributed by atoms with Gasteiger partial charge in [-0.25, -0.2) is 0 Å². The van der Waals surface area contributed by atoms with Crippen LogP contribution in [0.1, 0.15) is 83.1 Å². The van der Waals surface area contributed by atoms with Gasteiger partial charge in [-0.1, -0.05) is 180 Å². The van der Waals surface area contributed by atoms with Gasteiger partial charge < -0.3 is 0 Å². The van der Waals surface area contributed by atoms with E-state index in [-0.39, 0.29) is 14.9 Å². The van der Waals surface area contributed by atoms with Gasteiger partial charge in [0.25, 0.3) is 0 Å². The van der Waals surface area contributed by atoms with Gasteiger partial charge in [-0.05, 0) is 21.5 Å². The molecule has 180 valence electrons. The maximum Gasteiger partial charge on any atom is -0.0184 e. The maximum absolute atomic E-state index is 2.12. The van der Waals surface area contributed by atoms with Gasteiger partial charge in [0.15, 0.2) is 0 Å². The number of hydrogen-bond acceptors (Lipinski definition) is 0. The summed E-state index contributed by atoms with van der Waals surface area (Å²) >= 11 is 0. The van der Waals surface area contributed by atoms with Crippen molar-refractivity contribution in [3.05, 3.63) is 97.1 Å². The molecule has 0 N–H and O–H groups in total. The monoisotopic (exact) mass is 436 g/mol. The molecule has 0 spiro atoms. The molecule has 32 heavy (non-hydrogen) atoms. The third-order valence-corrected chi connectivity index (χ3v) is 3.32. The van der Waals surface area contributed by atoms with E-state index in [1.165, 1.54) is 34.4 Å². The molecule has 0 aliphatic heterocycles. The Kier molecular flexibility index (Phi) is 32.6. The second kappa shape index (κ2) is 28.4. The van der Waals surface area contributed by atoms with Crippen LogP contribution in [0, 0.1) is 0 Å². The number of fused-ring (bicyclic) bond motifs is 2. The highest BCUT2D eigenvalue weighted by molar-refractivity contribution is 5.82. The van der Waals surface area contributed by atoms with Gasteiger partial charge in [-0.2, -0.15) is 0 Å².